The molecule has 17 heavy (non-hydrogen) atoms. The van der Waals surface area contributed by atoms with Gasteiger partial charge in [-0.25, -0.2) is 0 Å². The minimum atomic E-state index is -0.0384. The zero-order valence-electron chi connectivity index (χ0n) is 10.4. The van der Waals surface area contributed by atoms with Gasteiger partial charge in [0.25, 0.3) is 5.91 Å². The molecule has 0 saturated carbocycles. The van der Waals surface area contributed by atoms with Crippen molar-refractivity contribution in [3.63, 3.8) is 0 Å². The fourth-order valence-corrected chi connectivity index (χ4v) is 2.14. The van der Waals surface area contributed by atoms with E-state index >= 15 is 0 Å². The van der Waals surface area contributed by atoms with Crippen LogP contribution in [-0.2, 0) is 0 Å². The molecule has 0 aromatic heterocycles. The van der Waals surface area contributed by atoms with Crippen LogP contribution in [-0.4, -0.2) is 38.0 Å². The van der Waals surface area contributed by atoms with Gasteiger partial charge in [0.15, 0.2) is 0 Å². The maximum atomic E-state index is 12.0. The molecule has 2 N–H and O–H groups in total. The summed E-state index contributed by atoms with van der Waals surface area (Å²) in [5.74, 6) is -0.0384. The summed E-state index contributed by atoms with van der Waals surface area (Å²) in [7, 11) is 3.48. The highest BCUT2D eigenvalue weighted by molar-refractivity contribution is 5.99. The van der Waals surface area contributed by atoms with Crippen molar-refractivity contribution in [1.82, 2.24) is 4.90 Å². The summed E-state index contributed by atoms with van der Waals surface area (Å²) in [4.78, 5) is 15.8. The molecule has 1 fully saturated rings. The Bertz CT molecular complexity index is 423. The summed E-state index contributed by atoms with van der Waals surface area (Å²) < 4.78 is 0. The van der Waals surface area contributed by atoms with Crippen LogP contribution < -0.4 is 10.6 Å². The minimum Gasteiger partial charge on any atom is -0.398 e. The Labute approximate surface area is 102 Å². The third-order valence-electron chi connectivity index (χ3n) is 3.14. The van der Waals surface area contributed by atoms with Gasteiger partial charge in [0.2, 0.25) is 0 Å². The zero-order chi connectivity index (χ0) is 12.4. The molecule has 2 rings (SSSR count). The van der Waals surface area contributed by atoms with Crippen molar-refractivity contribution in [2.75, 3.05) is 37.8 Å². The average molecular weight is 233 g/mol. The zero-order valence-corrected chi connectivity index (χ0v) is 10.4. The quantitative estimate of drug-likeness (QED) is 0.789. The maximum Gasteiger partial charge on any atom is 0.255 e. The van der Waals surface area contributed by atoms with Crippen molar-refractivity contribution in [3.8, 4) is 0 Å². The number of carbonyl (C=O) groups is 1. The maximum absolute atomic E-state index is 12.0. The molecule has 1 heterocycles. The monoisotopic (exact) mass is 233 g/mol. The van der Waals surface area contributed by atoms with Crippen molar-refractivity contribution in [2.24, 2.45) is 0 Å². The molecule has 0 unspecified atom stereocenters. The van der Waals surface area contributed by atoms with Gasteiger partial charge < -0.3 is 15.5 Å². The van der Waals surface area contributed by atoms with E-state index in [9.17, 15) is 4.79 Å². The fourth-order valence-electron chi connectivity index (χ4n) is 2.14. The van der Waals surface area contributed by atoms with Gasteiger partial charge in [0, 0.05) is 38.6 Å². The normalized spacial score (nSPS) is 15.1. The van der Waals surface area contributed by atoms with Crippen LogP contribution in [0, 0.1) is 0 Å². The van der Waals surface area contributed by atoms with E-state index in [1.165, 1.54) is 12.8 Å². The molecule has 1 aliphatic rings. The first kappa shape index (κ1) is 11.8. The van der Waals surface area contributed by atoms with Gasteiger partial charge in [-0.15, -0.1) is 0 Å². The molecule has 0 spiro atoms. The number of hydrogen-bond acceptors (Lipinski definition) is 3. The molecule has 4 heteroatoms. The third-order valence-corrected chi connectivity index (χ3v) is 3.14. The molecule has 1 aliphatic heterocycles. The number of benzene rings is 1. The van der Waals surface area contributed by atoms with Crippen molar-refractivity contribution in [3.05, 3.63) is 23.8 Å². The van der Waals surface area contributed by atoms with E-state index in [-0.39, 0.29) is 5.91 Å². The van der Waals surface area contributed by atoms with Gasteiger partial charge >= 0.3 is 0 Å². The number of anilines is 2. The lowest BCUT2D eigenvalue weighted by molar-refractivity contribution is 0.0828. The largest absolute Gasteiger partial charge is 0.398 e. The molecule has 4 nitrogen and oxygen atoms in total. The lowest BCUT2D eigenvalue weighted by atomic mass is 10.1. The molecule has 1 amide bonds. The summed E-state index contributed by atoms with van der Waals surface area (Å²) in [5, 5.41) is 0. The van der Waals surface area contributed by atoms with Gasteiger partial charge in [-0.1, -0.05) is 0 Å². The first-order valence-electron chi connectivity index (χ1n) is 5.95. The molecule has 0 atom stereocenters. The minimum absolute atomic E-state index is 0.0384. The van der Waals surface area contributed by atoms with E-state index in [0.29, 0.717) is 11.3 Å². The first-order chi connectivity index (χ1) is 8.09. The number of carbonyl (C=O) groups excluding carboxylic acids is 1. The standard InChI is InChI=1S/C13H19N3O/c1-15(2)13(17)11-9-10(5-6-12(11)14)16-7-3-4-8-16/h5-6,9H,3-4,7-8,14H2,1-2H3. The SMILES string of the molecule is CN(C)C(=O)c1cc(N2CCCC2)ccc1N. The van der Waals surface area contributed by atoms with Crippen molar-refractivity contribution in [1.29, 1.82) is 0 Å². The van der Waals surface area contributed by atoms with Crippen LogP contribution in [0.2, 0.25) is 0 Å². The number of nitrogens with zero attached hydrogens (tertiary/aromatic N) is 2. The first-order valence-corrected chi connectivity index (χ1v) is 5.95. The van der Waals surface area contributed by atoms with E-state index in [4.69, 9.17) is 5.73 Å². The Kier molecular flexibility index (Phi) is 3.22. The van der Waals surface area contributed by atoms with Crippen LogP contribution >= 0.6 is 0 Å². The summed E-state index contributed by atoms with van der Waals surface area (Å²) in [5.41, 5.74) is 8.10. The van der Waals surface area contributed by atoms with Crippen LogP contribution in [0.15, 0.2) is 18.2 Å². The van der Waals surface area contributed by atoms with Gasteiger partial charge in [0.1, 0.15) is 0 Å². The van der Waals surface area contributed by atoms with Gasteiger partial charge in [0.05, 0.1) is 5.56 Å². The predicted molar refractivity (Wildman–Crippen MR) is 70.3 cm³/mol. The highest BCUT2D eigenvalue weighted by Crippen LogP contribution is 2.25. The van der Waals surface area contributed by atoms with Crippen LogP contribution in [0.4, 0.5) is 11.4 Å². The molecule has 0 aliphatic carbocycles. The Morgan fingerprint density at radius 1 is 1.29 bits per heavy atom. The Balaban J connectivity index is 2.31. The van der Waals surface area contributed by atoms with Crippen LogP contribution in [0.1, 0.15) is 23.2 Å². The topological polar surface area (TPSA) is 49.6 Å². The lowest BCUT2D eigenvalue weighted by Crippen LogP contribution is -2.24. The third kappa shape index (κ3) is 2.35. The molecule has 1 aromatic rings. The highest BCUT2D eigenvalue weighted by Gasteiger charge is 2.17. The van der Waals surface area contributed by atoms with Crippen LogP contribution in [0.3, 0.4) is 0 Å². The predicted octanol–water partition coefficient (Wildman–Crippen LogP) is 1.57. The van der Waals surface area contributed by atoms with Crippen LogP contribution in [0.25, 0.3) is 0 Å². The van der Waals surface area contributed by atoms with E-state index in [0.717, 1.165) is 18.8 Å². The second-order valence-corrected chi connectivity index (χ2v) is 4.67. The molecular formula is C13H19N3O. The van der Waals surface area contributed by atoms with Crippen molar-refractivity contribution in [2.45, 2.75) is 12.8 Å². The molecule has 92 valence electrons. The number of amides is 1. The molecular weight excluding hydrogens is 214 g/mol. The fraction of sp³-hybridized carbons (Fsp3) is 0.462. The van der Waals surface area contributed by atoms with E-state index in [2.05, 4.69) is 4.90 Å². The molecule has 0 radical (unpaired) electrons. The van der Waals surface area contributed by atoms with Crippen molar-refractivity contribution >= 4 is 17.3 Å². The van der Waals surface area contributed by atoms with E-state index in [1.54, 1.807) is 19.0 Å². The number of nitrogens with two attached hydrogens (primary N) is 1. The smallest absolute Gasteiger partial charge is 0.255 e. The van der Waals surface area contributed by atoms with Gasteiger partial charge in [-0.05, 0) is 31.0 Å². The van der Waals surface area contributed by atoms with Gasteiger partial charge in [-0.3, -0.25) is 4.79 Å². The average Bonchev–Trinajstić information content (AvgIpc) is 2.82. The summed E-state index contributed by atoms with van der Waals surface area (Å²) in [6.07, 6.45) is 2.45. The van der Waals surface area contributed by atoms with Crippen LogP contribution in [0.5, 0.6) is 0 Å². The summed E-state index contributed by atoms with van der Waals surface area (Å²) >= 11 is 0. The summed E-state index contributed by atoms with van der Waals surface area (Å²) in [6.45, 7) is 2.14. The van der Waals surface area contributed by atoms with Crippen molar-refractivity contribution < 1.29 is 4.79 Å². The number of hydrogen-bond donors (Lipinski definition) is 1. The second kappa shape index (κ2) is 4.65. The Morgan fingerprint density at radius 3 is 2.53 bits per heavy atom. The number of nitrogen functional groups attached to an aromatic ring is 1. The molecule has 1 aromatic carbocycles. The van der Waals surface area contributed by atoms with E-state index in [1.807, 2.05) is 18.2 Å². The molecule has 1 saturated heterocycles. The Hall–Kier alpha value is -1.71. The second-order valence-electron chi connectivity index (χ2n) is 4.67. The summed E-state index contributed by atoms with van der Waals surface area (Å²) in [6, 6.07) is 5.72. The number of rotatable bonds is 2. The highest BCUT2D eigenvalue weighted by atomic mass is 16.2. The lowest BCUT2D eigenvalue weighted by Gasteiger charge is -2.20. The molecule has 0 bridgehead atoms. The van der Waals surface area contributed by atoms with E-state index < -0.39 is 0 Å². The van der Waals surface area contributed by atoms with Gasteiger partial charge in [-0.2, -0.15) is 0 Å². The Morgan fingerprint density at radius 2 is 1.94 bits per heavy atom.